The molecule has 0 spiro atoms. The van der Waals surface area contributed by atoms with Crippen LogP contribution >= 0.6 is 0 Å². The number of rotatable bonds is 5. The molecule has 3 amide bonds. The van der Waals surface area contributed by atoms with Crippen LogP contribution in [0.2, 0.25) is 0 Å². The van der Waals surface area contributed by atoms with Crippen LogP contribution in [0, 0.1) is 11.8 Å². The van der Waals surface area contributed by atoms with Crippen molar-refractivity contribution in [2.24, 2.45) is 0 Å². The maximum Gasteiger partial charge on any atom is 0.326 e. The zero-order valence-electron chi connectivity index (χ0n) is 18.9. The van der Waals surface area contributed by atoms with Gasteiger partial charge in [-0.3, -0.25) is 24.1 Å². The molecule has 2 aliphatic rings. The molecule has 176 valence electrons. The summed E-state index contributed by atoms with van der Waals surface area (Å²) in [4.78, 5) is 51.3. The maximum absolute atomic E-state index is 12.7. The highest BCUT2D eigenvalue weighted by molar-refractivity contribution is 6.28. The fourth-order valence-corrected chi connectivity index (χ4v) is 4.62. The monoisotopic (exact) mass is 478 g/mol. The molecule has 3 heterocycles. The third-order valence-corrected chi connectivity index (χ3v) is 6.33. The van der Waals surface area contributed by atoms with Gasteiger partial charge in [0.2, 0.25) is 5.91 Å². The summed E-state index contributed by atoms with van der Waals surface area (Å²) in [5.74, 6) is 3.85. The summed E-state index contributed by atoms with van der Waals surface area (Å²) in [6.07, 6.45) is -0.157. The van der Waals surface area contributed by atoms with E-state index in [2.05, 4.69) is 17.2 Å². The van der Waals surface area contributed by atoms with E-state index in [9.17, 15) is 19.2 Å². The van der Waals surface area contributed by atoms with Crippen molar-refractivity contribution in [1.82, 2.24) is 10.2 Å². The second kappa shape index (κ2) is 8.40. The van der Waals surface area contributed by atoms with E-state index in [4.69, 9.17) is 9.15 Å². The number of benzene rings is 3. The zero-order valence-corrected chi connectivity index (χ0v) is 18.9. The lowest BCUT2D eigenvalue weighted by Crippen LogP contribution is -2.42. The molecule has 0 saturated carbocycles. The van der Waals surface area contributed by atoms with Crippen molar-refractivity contribution in [3.05, 3.63) is 94.0 Å². The number of esters is 1. The number of nitrogens with one attached hydrogen (secondary N) is 1. The average molecular weight is 478 g/mol. The number of imide groups is 1. The molecule has 1 atom stereocenters. The summed E-state index contributed by atoms with van der Waals surface area (Å²) in [6.45, 7) is -0.915. The van der Waals surface area contributed by atoms with E-state index < -0.39 is 42.9 Å². The third kappa shape index (κ3) is 3.58. The highest BCUT2D eigenvalue weighted by Gasteiger charge is 2.42. The molecule has 0 fully saturated rings. The number of carbonyl (C=O) groups excluding carboxylic acids is 4. The number of carbonyl (C=O) groups is 4. The summed E-state index contributed by atoms with van der Waals surface area (Å²) < 4.78 is 11.1. The van der Waals surface area contributed by atoms with Gasteiger partial charge in [0.1, 0.15) is 30.4 Å². The molecule has 4 aromatic rings. The fourth-order valence-electron chi connectivity index (χ4n) is 4.62. The molecule has 1 aliphatic heterocycles. The molecule has 36 heavy (non-hydrogen) atoms. The summed E-state index contributed by atoms with van der Waals surface area (Å²) >= 11 is 0. The quantitative estimate of drug-likeness (QED) is 0.269. The van der Waals surface area contributed by atoms with E-state index in [0.29, 0.717) is 17.6 Å². The van der Waals surface area contributed by atoms with Gasteiger partial charge in [-0.15, -0.1) is 0 Å². The van der Waals surface area contributed by atoms with Gasteiger partial charge in [0.05, 0.1) is 11.1 Å². The largest absolute Gasteiger partial charge is 0.456 e. The van der Waals surface area contributed by atoms with Crippen molar-refractivity contribution in [2.45, 2.75) is 12.5 Å². The van der Waals surface area contributed by atoms with Crippen LogP contribution in [0.25, 0.3) is 11.2 Å². The van der Waals surface area contributed by atoms with Crippen molar-refractivity contribution in [1.29, 1.82) is 0 Å². The van der Waals surface area contributed by atoms with Gasteiger partial charge >= 0.3 is 5.97 Å². The van der Waals surface area contributed by atoms with Crippen LogP contribution in [-0.2, 0) is 20.7 Å². The lowest BCUT2D eigenvalue weighted by atomic mass is 9.92. The number of hydrogen-bond acceptors (Lipinski definition) is 6. The summed E-state index contributed by atoms with van der Waals surface area (Å²) in [5, 5.41) is 2.45. The Balaban J connectivity index is 1.12. The van der Waals surface area contributed by atoms with E-state index in [0.717, 1.165) is 27.2 Å². The number of nitrogens with zero attached hydrogens (tertiary/aromatic N) is 1. The topological polar surface area (TPSA) is 106 Å². The smallest absolute Gasteiger partial charge is 0.326 e. The Morgan fingerprint density at radius 3 is 2.31 bits per heavy atom. The first-order valence-corrected chi connectivity index (χ1v) is 11.4. The van der Waals surface area contributed by atoms with Gasteiger partial charge < -0.3 is 14.5 Å². The van der Waals surface area contributed by atoms with Crippen LogP contribution < -0.4 is 5.32 Å². The van der Waals surface area contributed by atoms with Crippen LogP contribution in [0.4, 0.5) is 0 Å². The van der Waals surface area contributed by atoms with E-state index >= 15 is 0 Å². The molecular weight excluding hydrogens is 460 g/mol. The third-order valence-electron chi connectivity index (χ3n) is 6.33. The van der Waals surface area contributed by atoms with Crippen LogP contribution in [0.1, 0.15) is 49.1 Å². The second-order valence-electron chi connectivity index (χ2n) is 8.56. The summed E-state index contributed by atoms with van der Waals surface area (Å²) in [5.41, 5.74) is 4.36. The molecule has 1 aliphatic carbocycles. The molecular formula is C28H18N2O6. The predicted molar refractivity (Wildman–Crippen MR) is 127 cm³/mol. The van der Waals surface area contributed by atoms with Gasteiger partial charge in [0.15, 0.2) is 0 Å². The van der Waals surface area contributed by atoms with Crippen molar-refractivity contribution < 1.29 is 28.3 Å². The molecule has 8 nitrogen and oxygen atoms in total. The van der Waals surface area contributed by atoms with E-state index in [1.165, 1.54) is 0 Å². The molecule has 1 N–H and O–H groups in total. The molecule has 2 aromatic heterocycles. The summed E-state index contributed by atoms with van der Waals surface area (Å²) in [6, 6.07) is 18.4. The van der Waals surface area contributed by atoms with Crippen LogP contribution in [0.3, 0.4) is 0 Å². The first-order valence-electron chi connectivity index (χ1n) is 11.4. The maximum atomic E-state index is 12.7. The van der Waals surface area contributed by atoms with Gasteiger partial charge in [-0.1, -0.05) is 48.2 Å². The molecule has 8 heteroatoms. The molecule has 0 radical (unpaired) electrons. The Bertz CT molecular complexity index is 1580. The van der Waals surface area contributed by atoms with E-state index in [1.54, 1.807) is 12.1 Å². The van der Waals surface area contributed by atoms with Crippen molar-refractivity contribution in [2.75, 3.05) is 13.1 Å². The zero-order chi connectivity index (χ0) is 24.8. The van der Waals surface area contributed by atoms with Crippen LogP contribution in [-0.4, -0.2) is 41.7 Å². The molecule has 2 aromatic carbocycles. The standard InChI is InChI=1S/C28H18N2O6/c31-23(15-30-27(33)25-20-11-12-21(35-20)26(25)28(30)34)29-14-24(32)36-22-13-18-7-2-1-5-16(18)9-10-17-6-3-4-8-19(17)22/h1-8,11-12,22H,13-15H2,(H,29,31). The van der Waals surface area contributed by atoms with Gasteiger partial charge in [-0.25, -0.2) is 0 Å². The average Bonchev–Trinajstić information content (AvgIpc) is 3.56. The number of fused-ring (bicyclic) bond motifs is 7. The Kier molecular flexibility index (Phi) is 5.04. The minimum atomic E-state index is -0.652. The highest BCUT2D eigenvalue weighted by Crippen LogP contribution is 2.35. The van der Waals surface area contributed by atoms with Crippen molar-refractivity contribution >= 4 is 34.9 Å². The van der Waals surface area contributed by atoms with Gasteiger partial charge in [0.25, 0.3) is 11.8 Å². The predicted octanol–water partition coefficient (Wildman–Crippen LogP) is 2.82. The van der Waals surface area contributed by atoms with Gasteiger partial charge in [-0.05, 0) is 29.8 Å². The lowest BCUT2D eigenvalue weighted by Gasteiger charge is -2.22. The number of ether oxygens (including phenoxy) is 1. The Hall–Kier alpha value is -4.90. The SMILES string of the molecule is O=C(CN1C(=O)c2c(c3ccc2o3)C1=O)NCC(=O)OC1Cc2ccccc2C#Cc2ccccc21. The normalized spacial score (nSPS) is 15.9. The highest BCUT2D eigenvalue weighted by atomic mass is 16.5. The minimum absolute atomic E-state index is 0.177. The van der Waals surface area contributed by atoms with Gasteiger partial charge in [-0.2, -0.15) is 0 Å². The van der Waals surface area contributed by atoms with Crippen LogP contribution in [0.15, 0.2) is 65.1 Å². The molecule has 1 unspecified atom stereocenters. The van der Waals surface area contributed by atoms with Crippen molar-refractivity contribution in [3.8, 4) is 11.8 Å². The first-order chi connectivity index (χ1) is 17.5. The minimum Gasteiger partial charge on any atom is -0.456 e. The van der Waals surface area contributed by atoms with E-state index in [1.807, 2.05) is 48.5 Å². The summed E-state index contributed by atoms with van der Waals surface area (Å²) in [7, 11) is 0. The fraction of sp³-hybridized carbons (Fsp3) is 0.143. The molecule has 6 rings (SSSR count). The number of hydrogen-bond donors (Lipinski definition) is 1. The Morgan fingerprint density at radius 1 is 0.917 bits per heavy atom. The van der Waals surface area contributed by atoms with E-state index in [-0.39, 0.29) is 11.1 Å². The molecule has 0 saturated heterocycles. The Labute approximate surface area is 205 Å². The number of amides is 3. The Morgan fingerprint density at radius 2 is 1.56 bits per heavy atom. The lowest BCUT2D eigenvalue weighted by molar-refractivity contribution is -0.149. The van der Waals surface area contributed by atoms with Gasteiger partial charge in [0, 0.05) is 23.1 Å². The second-order valence-corrected chi connectivity index (χ2v) is 8.56. The first kappa shape index (κ1) is 21.6. The van der Waals surface area contributed by atoms with Crippen LogP contribution in [0.5, 0.6) is 0 Å². The van der Waals surface area contributed by atoms with Crippen molar-refractivity contribution in [3.63, 3.8) is 0 Å². The number of furan rings is 2. The molecule has 2 bridgehead atoms.